The average Bonchev–Trinajstić information content (AvgIpc) is 2.39. The van der Waals surface area contributed by atoms with Crippen molar-refractivity contribution in [3.8, 4) is 0 Å². The Labute approximate surface area is 117 Å². The predicted molar refractivity (Wildman–Crippen MR) is 81.6 cm³/mol. The molecule has 0 radical (unpaired) electrons. The first-order chi connectivity index (χ1) is 9.15. The first-order valence-corrected chi connectivity index (χ1v) is 7.54. The summed E-state index contributed by atoms with van der Waals surface area (Å²) in [4.78, 5) is 7.09. The Morgan fingerprint density at radius 3 is 3.00 bits per heavy atom. The fraction of sp³-hybridized carbons (Fsp3) is 0.688. The smallest absolute Gasteiger partial charge is 0.128 e. The maximum absolute atomic E-state index is 4.65. The Bertz CT molecular complexity index is 389. The number of pyridine rings is 1. The van der Waals surface area contributed by atoms with E-state index < -0.39 is 0 Å². The number of rotatable bonds is 5. The summed E-state index contributed by atoms with van der Waals surface area (Å²) in [6, 6.07) is 6.31. The summed E-state index contributed by atoms with van der Waals surface area (Å²) < 4.78 is 0. The van der Waals surface area contributed by atoms with Crippen LogP contribution in [0.25, 0.3) is 0 Å². The van der Waals surface area contributed by atoms with E-state index in [0.717, 1.165) is 49.5 Å². The van der Waals surface area contributed by atoms with E-state index in [1.54, 1.807) is 0 Å². The molecule has 1 aromatic rings. The summed E-state index contributed by atoms with van der Waals surface area (Å²) >= 11 is 0. The fourth-order valence-corrected chi connectivity index (χ4v) is 2.72. The molecule has 1 fully saturated rings. The lowest BCUT2D eigenvalue weighted by molar-refractivity contribution is 0.381. The van der Waals surface area contributed by atoms with Gasteiger partial charge in [0, 0.05) is 18.8 Å². The highest BCUT2D eigenvalue weighted by molar-refractivity contribution is 5.39. The van der Waals surface area contributed by atoms with Gasteiger partial charge in [0.15, 0.2) is 0 Å². The van der Waals surface area contributed by atoms with E-state index in [2.05, 4.69) is 54.2 Å². The van der Waals surface area contributed by atoms with Crippen LogP contribution in [-0.4, -0.2) is 31.2 Å². The van der Waals surface area contributed by atoms with E-state index >= 15 is 0 Å². The van der Waals surface area contributed by atoms with Gasteiger partial charge in [0.25, 0.3) is 0 Å². The molecule has 1 saturated heterocycles. The summed E-state index contributed by atoms with van der Waals surface area (Å²) in [5, 5.41) is 3.59. The van der Waals surface area contributed by atoms with E-state index in [4.69, 9.17) is 0 Å². The molecule has 1 N–H and O–H groups in total. The first-order valence-electron chi connectivity index (χ1n) is 7.54. The molecule has 2 heterocycles. The first kappa shape index (κ1) is 14.3. The van der Waals surface area contributed by atoms with Gasteiger partial charge < -0.3 is 10.2 Å². The van der Waals surface area contributed by atoms with Gasteiger partial charge in [0.05, 0.1) is 0 Å². The van der Waals surface area contributed by atoms with E-state index in [-0.39, 0.29) is 0 Å². The number of nitrogens with one attached hydrogen (secondary N) is 1. The highest BCUT2D eigenvalue weighted by Gasteiger charge is 2.20. The van der Waals surface area contributed by atoms with Crippen LogP contribution < -0.4 is 10.2 Å². The molecule has 106 valence electrons. The van der Waals surface area contributed by atoms with Crippen molar-refractivity contribution < 1.29 is 0 Å². The number of aromatic nitrogens is 1. The van der Waals surface area contributed by atoms with Crippen molar-refractivity contribution in [2.24, 2.45) is 11.8 Å². The van der Waals surface area contributed by atoms with Gasteiger partial charge in [-0.2, -0.15) is 0 Å². The zero-order valence-electron chi connectivity index (χ0n) is 12.5. The molecule has 0 saturated carbocycles. The monoisotopic (exact) mass is 261 g/mol. The van der Waals surface area contributed by atoms with Gasteiger partial charge in [0.1, 0.15) is 5.82 Å². The van der Waals surface area contributed by atoms with Gasteiger partial charge in [-0.15, -0.1) is 0 Å². The van der Waals surface area contributed by atoms with Crippen LogP contribution >= 0.6 is 0 Å². The number of hydrogen-bond acceptors (Lipinski definition) is 3. The van der Waals surface area contributed by atoms with Crippen molar-refractivity contribution >= 4 is 5.82 Å². The SMILES string of the molecule is Cc1cccc(N2CCCC(CNCC(C)C)C2)n1. The number of aryl methyl sites for hydroxylation is 1. The minimum Gasteiger partial charge on any atom is -0.356 e. The second-order valence-electron chi connectivity index (χ2n) is 6.14. The largest absolute Gasteiger partial charge is 0.356 e. The average molecular weight is 261 g/mol. The normalized spacial score (nSPS) is 20.0. The number of anilines is 1. The van der Waals surface area contributed by atoms with Crippen molar-refractivity contribution in [2.45, 2.75) is 33.6 Å². The van der Waals surface area contributed by atoms with E-state index in [1.165, 1.54) is 12.8 Å². The third-order valence-corrected chi connectivity index (χ3v) is 3.70. The molecule has 0 bridgehead atoms. The Hall–Kier alpha value is -1.09. The standard InChI is InChI=1S/C16H27N3/c1-13(2)10-17-11-15-7-5-9-19(12-15)16-8-4-6-14(3)18-16/h4,6,8,13,15,17H,5,7,9-12H2,1-3H3. The fourth-order valence-electron chi connectivity index (χ4n) is 2.72. The van der Waals surface area contributed by atoms with Crippen LogP contribution in [0, 0.1) is 18.8 Å². The minimum atomic E-state index is 0.734. The molecule has 2 rings (SSSR count). The van der Waals surface area contributed by atoms with Crippen molar-refractivity contribution in [2.75, 3.05) is 31.1 Å². The molecule has 0 aromatic carbocycles. The third-order valence-electron chi connectivity index (χ3n) is 3.70. The molecule has 1 aromatic heterocycles. The van der Waals surface area contributed by atoms with Gasteiger partial charge in [-0.1, -0.05) is 19.9 Å². The molecule has 0 aliphatic carbocycles. The van der Waals surface area contributed by atoms with Crippen LogP contribution in [0.1, 0.15) is 32.4 Å². The lowest BCUT2D eigenvalue weighted by Gasteiger charge is -2.34. The Balaban J connectivity index is 1.86. The zero-order chi connectivity index (χ0) is 13.7. The van der Waals surface area contributed by atoms with Crippen LogP contribution in [-0.2, 0) is 0 Å². The summed E-state index contributed by atoms with van der Waals surface area (Å²) in [5.41, 5.74) is 1.11. The third kappa shape index (κ3) is 4.50. The van der Waals surface area contributed by atoms with Crippen LogP contribution in [0.4, 0.5) is 5.82 Å². The van der Waals surface area contributed by atoms with Gasteiger partial charge in [-0.25, -0.2) is 4.98 Å². The quantitative estimate of drug-likeness (QED) is 0.883. The lowest BCUT2D eigenvalue weighted by Crippen LogP contribution is -2.40. The Morgan fingerprint density at radius 1 is 1.42 bits per heavy atom. The van der Waals surface area contributed by atoms with Crippen LogP contribution in [0.2, 0.25) is 0 Å². The van der Waals surface area contributed by atoms with E-state index in [0.29, 0.717) is 0 Å². The molecule has 3 nitrogen and oxygen atoms in total. The van der Waals surface area contributed by atoms with Crippen LogP contribution in [0.3, 0.4) is 0 Å². The second-order valence-corrected chi connectivity index (χ2v) is 6.14. The van der Waals surface area contributed by atoms with E-state index in [1.807, 2.05) is 0 Å². The van der Waals surface area contributed by atoms with Crippen molar-refractivity contribution in [3.63, 3.8) is 0 Å². The summed E-state index contributed by atoms with van der Waals surface area (Å²) in [7, 11) is 0. The Kier molecular flexibility index (Phi) is 5.20. The van der Waals surface area contributed by atoms with Crippen molar-refractivity contribution in [3.05, 3.63) is 23.9 Å². The zero-order valence-corrected chi connectivity index (χ0v) is 12.5. The molecular formula is C16H27N3. The highest BCUT2D eigenvalue weighted by Crippen LogP contribution is 2.21. The molecule has 1 aliphatic rings. The number of hydrogen-bond donors (Lipinski definition) is 1. The molecule has 1 atom stereocenters. The molecule has 1 aliphatic heterocycles. The van der Waals surface area contributed by atoms with E-state index in [9.17, 15) is 0 Å². The maximum atomic E-state index is 4.65. The molecule has 0 spiro atoms. The van der Waals surface area contributed by atoms with Crippen molar-refractivity contribution in [1.29, 1.82) is 0 Å². The van der Waals surface area contributed by atoms with Crippen LogP contribution in [0.15, 0.2) is 18.2 Å². The molecule has 19 heavy (non-hydrogen) atoms. The van der Waals surface area contributed by atoms with Gasteiger partial charge in [-0.3, -0.25) is 0 Å². The predicted octanol–water partition coefficient (Wildman–Crippen LogP) is 2.85. The summed E-state index contributed by atoms with van der Waals surface area (Å²) in [6.45, 7) is 11.1. The lowest BCUT2D eigenvalue weighted by atomic mass is 9.97. The second kappa shape index (κ2) is 6.90. The van der Waals surface area contributed by atoms with Gasteiger partial charge in [0.2, 0.25) is 0 Å². The van der Waals surface area contributed by atoms with Gasteiger partial charge in [-0.05, 0) is 56.8 Å². The molecule has 1 unspecified atom stereocenters. The van der Waals surface area contributed by atoms with Gasteiger partial charge >= 0.3 is 0 Å². The summed E-state index contributed by atoms with van der Waals surface area (Å²) in [6.07, 6.45) is 2.62. The van der Waals surface area contributed by atoms with Crippen molar-refractivity contribution in [1.82, 2.24) is 10.3 Å². The number of piperidine rings is 1. The molecular weight excluding hydrogens is 234 g/mol. The number of nitrogens with zero attached hydrogens (tertiary/aromatic N) is 2. The topological polar surface area (TPSA) is 28.2 Å². The maximum Gasteiger partial charge on any atom is 0.128 e. The highest BCUT2D eigenvalue weighted by atomic mass is 15.2. The van der Waals surface area contributed by atoms with Crippen LogP contribution in [0.5, 0.6) is 0 Å². The Morgan fingerprint density at radius 2 is 2.26 bits per heavy atom. The molecule has 0 amide bonds. The minimum absolute atomic E-state index is 0.734. The summed E-state index contributed by atoms with van der Waals surface area (Å²) in [5.74, 6) is 2.64. The molecule has 3 heteroatoms.